The van der Waals surface area contributed by atoms with Crippen LogP contribution in [0.5, 0.6) is 0 Å². The summed E-state index contributed by atoms with van der Waals surface area (Å²) in [6.07, 6.45) is 1.40. The number of carbonyl (C=O) groups is 2. The molecule has 176 valence electrons. The van der Waals surface area contributed by atoms with E-state index in [1.807, 2.05) is 37.3 Å². The fourth-order valence-corrected chi connectivity index (χ4v) is 5.76. The zero-order valence-electron chi connectivity index (χ0n) is 18.9. The number of amides is 1. The molecular formula is C25H20N4O4S2. The zero-order valence-corrected chi connectivity index (χ0v) is 20.5. The van der Waals surface area contributed by atoms with Crippen LogP contribution >= 0.6 is 22.7 Å². The van der Waals surface area contributed by atoms with Crippen molar-refractivity contribution in [3.05, 3.63) is 75.7 Å². The van der Waals surface area contributed by atoms with Gasteiger partial charge in [0.25, 0.3) is 5.56 Å². The Morgan fingerprint density at radius 3 is 2.69 bits per heavy atom. The van der Waals surface area contributed by atoms with E-state index in [9.17, 15) is 14.4 Å². The van der Waals surface area contributed by atoms with Gasteiger partial charge in [-0.25, -0.2) is 14.8 Å². The summed E-state index contributed by atoms with van der Waals surface area (Å²) in [5, 5.41) is 3.64. The number of nitrogens with one attached hydrogen (secondary N) is 1. The van der Waals surface area contributed by atoms with Gasteiger partial charge in [-0.1, -0.05) is 41.7 Å². The molecule has 1 amide bonds. The maximum absolute atomic E-state index is 13.3. The molecule has 0 aliphatic carbocycles. The molecule has 0 saturated heterocycles. The van der Waals surface area contributed by atoms with Gasteiger partial charge in [-0.2, -0.15) is 0 Å². The Hall–Kier alpha value is -3.89. The number of esters is 1. The largest absolute Gasteiger partial charge is 0.462 e. The van der Waals surface area contributed by atoms with E-state index in [4.69, 9.17) is 4.74 Å². The van der Waals surface area contributed by atoms with Crippen molar-refractivity contribution in [3.63, 3.8) is 0 Å². The lowest BCUT2D eigenvalue weighted by Gasteiger charge is -2.06. The van der Waals surface area contributed by atoms with Gasteiger partial charge < -0.3 is 10.1 Å². The fraction of sp³-hybridized carbons (Fsp3) is 0.160. The van der Waals surface area contributed by atoms with Gasteiger partial charge in [0.1, 0.15) is 11.4 Å². The first-order chi connectivity index (χ1) is 16.9. The molecule has 0 fully saturated rings. The Balaban J connectivity index is 1.40. The minimum Gasteiger partial charge on any atom is -0.462 e. The summed E-state index contributed by atoms with van der Waals surface area (Å²) >= 11 is 2.70. The number of nitrogens with zero attached hydrogens (tertiary/aromatic N) is 3. The number of thiazole rings is 1. The van der Waals surface area contributed by atoms with Gasteiger partial charge in [0.2, 0.25) is 5.91 Å². The second kappa shape index (κ2) is 9.40. The van der Waals surface area contributed by atoms with Crippen molar-refractivity contribution >= 4 is 60.1 Å². The van der Waals surface area contributed by atoms with E-state index in [1.165, 1.54) is 33.6 Å². The number of hydrogen-bond donors (Lipinski definition) is 1. The third-order valence-corrected chi connectivity index (χ3v) is 7.32. The molecular weight excluding hydrogens is 484 g/mol. The van der Waals surface area contributed by atoms with Gasteiger partial charge in [0.15, 0.2) is 5.13 Å². The third kappa shape index (κ3) is 4.45. The number of ether oxygens (including phenoxy) is 1. The van der Waals surface area contributed by atoms with Gasteiger partial charge in [0.05, 0.1) is 34.1 Å². The highest BCUT2D eigenvalue weighted by Gasteiger charge is 2.18. The van der Waals surface area contributed by atoms with Crippen molar-refractivity contribution in [1.82, 2.24) is 14.5 Å². The second-order valence-corrected chi connectivity index (χ2v) is 9.96. The molecule has 0 atom stereocenters. The molecule has 5 aromatic rings. The SMILES string of the molecule is CCOC(=O)c1ccc2nc(NC(=O)Cn3cnc4sc(C)c(-c5ccccc5)c4c3=O)sc2c1. The van der Waals surface area contributed by atoms with Crippen molar-refractivity contribution in [1.29, 1.82) is 0 Å². The fourth-order valence-electron chi connectivity index (χ4n) is 3.84. The number of benzene rings is 2. The first kappa shape index (κ1) is 22.9. The van der Waals surface area contributed by atoms with E-state index in [-0.39, 0.29) is 12.1 Å². The van der Waals surface area contributed by atoms with E-state index >= 15 is 0 Å². The van der Waals surface area contributed by atoms with Crippen LogP contribution < -0.4 is 10.9 Å². The Morgan fingerprint density at radius 1 is 1.11 bits per heavy atom. The minimum atomic E-state index is -0.408. The topological polar surface area (TPSA) is 103 Å². The van der Waals surface area contributed by atoms with Crippen LogP contribution in [0.1, 0.15) is 22.2 Å². The molecule has 8 nitrogen and oxygen atoms in total. The number of aromatic nitrogens is 3. The number of fused-ring (bicyclic) bond motifs is 2. The predicted molar refractivity (Wildman–Crippen MR) is 138 cm³/mol. The van der Waals surface area contributed by atoms with Crippen molar-refractivity contribution in [2.75, 3.05) is 11.9 Å². The number of thiophene rings is 1. The summed E-state index contributed by atoms with van der Waals surface area (Å²) in [6, 6.07) is 14.7. The van der Waals surface area contributed by atoms with Gasteiger partial charge in [0, 0.05) is 10.4 Å². The van der Waals surface area contributed by atoms with Gasteiger partial charge in [-0.15, -0.1) is 11.3 Å². The van der Waals surface area contributed by atoms with E-state index in [2.05, 4.69) is 15.3 Å². The molecule has 0 aliphatic rings. The first-order valence-electron chi connectivity index (χ1n) is 10.9. The second-order valence-electron chi connectivity index (χ2n) is 7.73. The van der Waals surface area contributed by atoms with E-state index < -0.39 is 11.9 Å². The Kier molecular flexibility index (Phi) is 6.14. The predicted octanol–water partition coefficient (Wildman–Crippen LogP) is 4.86. The van der Waals surface area contributed by atoms with E-state index in [0.29, 0.717) is 33.0 Å². The van der Waals surface area contributed by atoms with Crippen LogP contribution in [0, 0.1) is 6.92 Å². The Morgan fingerprint density at radius 2 is 1.91 bits per heavy atom. The van der Waals surface area contributed by atoms with Crippen LogP contribution in [0.4, 0.5) is 5.13 Å². The first-order valence-corrected chi connectivity index (χ1v) is 12.5. The number of anilines is 1. The molecule has 3 aromatic heterocycles. The molecule has 0 unspecified atom stereocenters. The molecule has 0 spiro atoms. The van der Waals surface area contributed by atoms with Crippen LogP contribution in [0.25, 0.3) is 31.6 Å². The smallest absolute Gasteiger partial charge is 0.338 e. The minimum absolute atomic E-state index is 0.200. The van der Waals surface area contributed by atoms with E-state index in [1.54, 1.807) is 25.1 Å². The van der Waals surface area contributed by atoms with Gasteiger partial charge in [-0.3, -0.25) is 14.2 Å². The molecule has 5 rings (SSSR count). The molecule has 0 radical (unpaired) electrons. The molecule has 35 heavy (non-hydrogen) atoms. The summed E-state index contributed by atoms with van der Waals surface area (Å²) in [6.45, 7) is 3.80. The number of aryl methyl sites for hydroxylation is 1. The standard InChI is InChI=1S/C25H20N4O4S2/c1-3-33-24(32)16-9-10-17-18(11-16)35-25(27-17)28-19(30)12-29-13-26-22-21(23(29)31)20(14(2)34-22)15-7-5-4-6-8-15/h4-11,13H,3,12H2,1-2H3,(H,27,28,30). The average Bonchev–Trinajstić information content (AvgIpc) is 3.40. The monoisotopic (exact) mass is 504 g/mol. The summed E-state index contributed by atoms with van der Waals surface area (Å²) < 4.78 is 7.08. The van der Waals surface area contributed by atoms with Crippen LogP contribution in [0.3, 0.4) is 0 Å². The summed E-state index contributed by atoms with van der Waals surface area (Å²) in [5.74, 6) is -0.805. The quantitative estimate of drug-likeness (QED) is 0.331. The average molecular weight is 505 g/mol. The zero-order chi connectivity index (χ0) is 24.5. The highest BCUT2D eigenvalue weighted by Crippen LogP contribution is 2.35. The normalized spacial score (nSPS) is 11.1. The van der Waals surface area contributed by atoms with Crippen LogP contribution in [0.2, 0.25) is 0 Å². The maximum Gasteiger partial charge on any atom is 0.338 e. The van der Waals surface area contributed by atoms with Crippen molar-refractivity contribution < 1.29 is 14.3 Å². The van der Waals surface area contributed by atoms with Crippen molar-refractivity contribution in [2.24, 2.45) is 0 Å². The Labute approximate surface area is 207 Å². The van der Waals surface area contributed by atoms with Crippen molar-refractivity contribution in [3.8, 4) is 11.1 Å². The lowest BCUT2D eigenvalue weighted by molar-refractivity contribution is -0.116. The maximum atomic E-state index is 13.3. The molecule has 1 N–H and O–H groups in total. The van der Waals surface area contributed by atoms with E-state index in [0.717, 1.165) is 20.7 Å². The van der Waals surface area contributed by atoms with Crippen LogP contribution in [-0.2, 0) is 16.1 Å². The molecule has 0 saturated carbocycles. The van der Waals surface area contributed by atoms with Crippen molar-refractivity contribution in [2.45, 2.75) is 20.4 Å². The summed E-state index contributed by atoms with van der Waals surface area (Å²) in [7, 11) is 0. The van der Waals surface area contributed by atoms with Gasteiger partial charge in [-0.05, 0) is 37.6 Å². The lowest BCUT2D eigenvalue weighted by Crippen LogP contribution is -2.27. The molecule has 0 bridgehead atoms. The number of rotatable bonds is 6. The van der Waals surface area contributed by atoms with Crippen LogP contribution in [-0.4, -0.2) is 33.0 Å². The highest BCUT2D eigenvalue weighted by atomic mass is 32.1. The third-order valence-electron chi connectivity index (χ3n) is 5.38. The number of hydrogen-bond acceptors (Lipinski definition) is 8. The Bertz CT molecular complexity index is 1640. The van der Waals surface area contributed by atoms with Crippen LogP contribution in [0.15, 0.2) is 59.7 Å². The highest BCUT2D eigenvalue weighted by molar-refractivity contribution is 7.22. The lowest BCUT2D eigenvalue weighted by atomic mass is 10.0. The number of carbonyl (C=O) groups excluding carboxylic acids is 2. The summed E-state index contributed by atoms with van der Waals surface area (Å²) in [4.78, 5) is 48.5. The summed E-state index contributed by atoms with van der Waals surface area (Å²) in [5.41, 5.74) is 2.60. The molecule has 2 aromatic carbocycles. The molecule has 3 heterocycles. The molecule has 0 aliphatic heterocycles. The molecule has 10 heteroatoms. The van der Waals surface area contributed by atoms with Gasteiger partial charge >= 0.3 is 5.97 Å².